The Morgan fingerprint density at radius 3 is 2.39 bits per heavy atom. The predicted molar refractivity (Wildman–Crippen MR) is 114 cm³/mol. The molecule has 0 amide bonds. The lowest BCUT2D eigenvalue weighted by molar-refractivity contribution is 0.0911. The van der Waals surface area contributed by atoms with Gasteiger partial charge in [0.25, 0.3) is 0 Å². The van der Waals surface area contributed by atoms with Crippen LogP contribution >= 0.6 is 34.8 Å². The number of benzene rings is 2. The molecule has 1 aliphatic heterocycles. The van der Waals surface area contributed by atoms with Crippen LogP contribution in [0, 0.1) is 5.92 Å². The number of rotatable bonds is 4. The van der Waals surface area contributed by atoms with Gasteiger partial charge in [0.2, 0.25) is 0 Å². The van der Waals surface area contributed by atoms with Crippen LogP contribution in [0.3, 0.4) is 0 Å². The number of halogens is 3. The van der Waals surface area contributed by atoms with Gasteiger partial charge < -0.3 is 9.32 Å². The fraction of sp³-hybridized carbons (Fsp3) is 0.227. The Labute approximate surface area is 178 Å². The number of carbonyl (C=O) groups excluding carboxylic acids is 1. The molecular weight excluding hydrogens is 417 g/mol. The van der Waals surface area contributed by atoms with Crippen molar-refractivity contribution in [3.63, 3.8) is 0 Å². The molecule has 1 aliphatic rings. The predicted octanol–water partition coefficient (Wildman–Crippen LogP) is 6.43. The van der Waals surface area contributed by atoms with Gasteiger partial charge >= 0.3 is 0 Å². The smallest absolute Gasteiger partial charge is 0.168 e. The van der Waals surface area contributed by atoms with Gasteiger partial charge in [0, 0.05) is 46.1 Å². The second kappa shape index (κ2) is 7.92. The Balaban J connectivity index is 1.63. The van der Waals surface area contributed by atoms with E-state index in [1.165, 1.54) is 0 Å². The first-order chi connectivity index (χ1) is 13.4. The lowest BCUT2D eigenvalue weighted by Crippen LogP contribution is -2.22. The number of hydrogen-bond donors (Lipinski definition) is 0. The minimum absolute atomic E-state index is 0.0204. The van der Waals surface area contributed by atoms with Gasteiger partial charge in [0.1, 0.15) is 11.5 Å². The Morgan fingerprint density at radius 1 is 0.964 bits per heavy atom. The van der Waals surface area contributed by atoms with Crippen molar-refractivity contribution in [2.24, 2.45) is 5.92 Å². The zero-order valence-corrected chi connectivity index (χ0v) is 17.4. The van der Waals surface area contributed by atoms with E-state index in [1.807, 2.05) is 25.2 Å². The first-order valence-corrected chi connectivity index (χ1v) is 10.1. The summed E-state index contributed by atoms with van der Waals surface area (Å²) in [5.74, 6) is 1.37. The Bertz CT molecular complexity index is 1010. The summed E-state index contributed by atoms with van der Waals surface area (Å²) in [5, 5.41) is 1.73. The van der Waals surface area contributed by atoms with Crippen molar-refractivity contribution in [2.75, 3.05) is 20.1 Å². The Morgan fingerprint density at radius 2 is 1.68 bits per heavy atom. The fourth-order valence-corrected chi connectivity index (χ4v) is 4.40. The van der Waals surface area contributed by atoms with E-state index in [0.717, 1.165) is 17.9 Å². The van der Waals surface area contributed by atoms with E-state index >= 15 is 0 Å². The maximum absolute atomic E-state index is 13.1. The summed E-state index contributed by atoms with van der Waals surface area (Å²) < 4.78 is 6.13. The van der Waals surface area contributed by atoms with Crippen LogP contribution in [-0.2, 0) is 0 Å². The van der Waals surface area contributed by atoms with Crippen LogP contribution < -0.4 is 0 Å². The fourth-order valence-electron chi connectivity index (χ4n) is 3.77. The van der Waals surface area contributed by atoms with Gasteiger partial charge in [-0.2, -0.15) is 0 Å². The first kappa shape index (κ1) is 19.5. The van der Waals surface area contributed by atoms with E-state index in [2.05, 4.69) is 4.90 Å². The van der Waals surface area contributed by atoms with Crippen LogP contribution in [0.5, 0.6) is 0 Å². The number of likely N-dealkylation sites (tertiary alicyclic amines) is 1. The molecule has 144 valence electrons. The second-order valence-electron chi connectivity index (χ2n) is 7.13. The summed E-state index contributed by atoms with van der Waals surface area (Å²) in [5.41, 5.74) is 1.45. The Hall–Kier alpha value is -1.78. The molecule has 3 aromatic rings. The standard InChI is InChI=1S/C22H18Cl3NO2/c1-26-11-17(18(12-26)22(27)13-2-4-14(23)5-3-13)21-9-8-20(28-21)16-7-6-15(24)10-19(16)25/h2-10,17-18H,11-12H2,1H3/t17-,18-/m0/s1. The third kappa shape index (κ3) is 3.85. The number of Topliss-reactive ketones (excluding diaryl/α,β-unsaturated/α-hetero) is 1. The van der Waals surface area contributed by atoms with Crippen LogP contribution in [0.2, 0.25) is 15.1 Å². The molecule has 0 N–H and O–H groups in total. The Kier molecular flexibility index (Phi) is 5.52. The van der Waals surface area contributed by atoms with Gasteiger partial charge in [0.05, 0.1) is 5.02 Å². The van der Waals surface area contributed by atoms with Crippen LogP contribution in [-0.4, -0.2) is 30.8 Å². The third-order valence-corrected chi connectivity index (χ3v) is 5.96. The normalized spacial score (nSPS) is 19.9. The number of hydrogen-bond acceptors (Lipinski definition) is 3. The largest absolute Gasteiger partial charge is 0.461 e. The van der Waals surface area contributed by atoms with Gasteiger partial charge in [-0.15, -0.1) is 0 Å². The highest BCUT2D eigenvalue weighted by atomic mass is 35.5. The van der Waals surface area contributed by atoms with Crippen molar-refractivity contribution in [2.45, 2.75) is 5.92 Å². The van der Waals surface area contributed by atoms with E-state index in [4.69, 9.17) is 39.2 Å². The average molecular weight is 435 g/mol. The molecule has 1 aromatic heterocycles. The molecule has 2 aromatic carbocycles. The molecule has 28 heavy (non-hydrogen) atoms. The molecule has 2 atom stereocenters. The van der Waals surface area contributed by atoms with E-state index in [9.17, 15) is 4.79 Å². The van der Waals surface area contributed by atoms with Crippen LogP contribution in [0.25, 0.3) is 11.3 Å². The van der Waals surface area contributed by atoms with E-state index in [0.29, 0.717) is 32.9 Å². The monoisotopic (exact) mass is 433 g/mol. The van der Waals surface area contributed by atoms with Gasteiger partial charge in [-0.25, -0.2) is 0 Å². The van der Waals surface area contributed by atoms with Crippen LogP contribution in [0.4, 0.5) is 0 Å². The number of furan rings is 1. The van der Waals surface area contributed by atoms with E-state index in [-0.39, 0.29) is 17.6 Å². The SMILES string of the molecule is CN1C[C@H](C(=O)c2ccc(Cl)cc2)[C@@H](c2ccc(-c3ccc(Cl)cc3Cl)o2)C1. The molecular formula is C22H18Cl3NO2. The minimum Gasteiger partial charge on any atom is -0.461 e. The van der Waals surface area contributed by atoms with Crippen molar-refractivity contribution in [1.82, 2.24) is 4.90 Å². The lowest BCUT2D eigenvalue weighted by atomic mass is 9.87. The highest BCUT2D eigenvalue weighted by Crippen LogP contribution is 2.38. The third-order valence-electron chi connectivity index (χ3n) is 5.16. The van der Waals surface area contributed by atoms with Gasteiger partial charge in [-0.1, -0.05) is 34.8 Å². The highest BCUT2D eigenvalue weighted by molar-refractivity contribution is 6.36. The maximum atomic E-state index is 13.1. The number of likely N-dealkylation sites (N-methyl/N-ethyl adjacent to an activating group) is 1. The van der Waals surface area contributed by atoms with Gasteiger partial charge in [-0.3, -0.25) is 4.79 Å². The average Bonchev–Trinajstić information content (AvgIpc) is 3.28. The summed E-state index contributed by atoms with van der Waals surface area (Å²) in [4.78, 5) is 15.3. The number of nitrogens with zero attached hydrogens (tertiary/aromatic N) is 1. The molecule has 0 spiro atoms. The molecule has 6 heteroatoms. The molecule has 0 unspecified atom stereocenters. The molecule has 1 fully saturated rings. The highest BCUT2D eigenvalue weighted by Gasteiger charge is 2.39. The van der Waals surface area contributed by atoms with Gasteiger partial charge in [-0.05, 0) is 61.6 Å². The molecule has 1 saturated heterocycles. The van der Waals surface area contributed by atoms with Crippen molar-refractivity contribution < 1.29 is 9.21 Å². The molecule has 4 rings (SSSR count). The zero-order chi connectivity index (χ0) is 19.8. The van der Waals surface area contributed by atoms with Crippen LogP contribution in [0.15, 0.2) is 59.0 Å². The van der Waals surface area contributed by atoms with E-state index < -0.39 is 0 Å². The summed E-state index contributed by atoms with van der Waals surface area (Å²) in [7, 11) is 2.02. The molecule has 0 aliphatic carbocycles. The molecule has 0 saturated carbocycles. The lowest BCUT2D eigenvalue weighted by Gasteiger charge is -2.15. The van der Waals surface area contributed by atoms with Gasteiger partial charge in [0.15, 0.2) is 5.78 Å². The molecule has 0 bridgehead atoms. The minimum atomic E-state index is -0.175. The summed E-state index contributed by atoms with van der Waals surface area (Å²) >= 11 is 18.2. The molecule has 0 radical (unpaired) electrons. The number of carbonyl (C=O) groups is 1. The quantitative estimate of drug-likeness (QED) is 0.443. The first-order valence-electron chi connectivity index (χ1n) is 8.96. The molecule has 3 nitrogen and oxygen atoms in total. The topological polar surface area (TPSA) is 33.5 Å². The van der Waals surface area contributed by atoms with Crippen LogP contribution in [0.1, 0.15) is 22.0 Å². The summed E-state index contributed by atoms with van der Waals surface area (Å²) in [6.45, 7) is 1.44. The second-order valence-corrected chi connectivity index (χ2v) is 8.41. The van der Waals surface area contributed by atoms with Crippen molar-refractivity contribution in [3.8, 4) is 11.3 Å². The maximum Gasteiger partial charge on any atom is 0.168 e. The van der Waals surface area contributed by atoms with Crippen molar-refractivity contribution >= 4 is 40.6 Å². The number of ketones is 1. The zero-order valence-electron chi connectivity index (χ0n) is 15.2. The van der Waals surface area contributed by atoms with Crippen molar-refractivity contribution in [3.05, 3.63) is 81.0 Å². The van der Waals surface area contributed by atoms with E-state index in [1.54, 1.807) is 36.4 Å². The van der Waals surface area contributed by atoms with Crippen molar-refractivity contribution in [1.29, 1.82) is 0 Å². The summed E-state index contributed by atoms with van der Waals surface area (Å²) in [6.07, 6.45) is 0. The molecule has 2 heterocycles. The summed E-state index contributed by atoms with van der Waals surface area (Å²) in [6, 6.07) is 16.2.